The maximum atomic E-state index is 12.5. The summed E-state index contributed by atoms with van der Waals surface area (Å²) in [4.78, 5) is 18.4. The minimum Gasteiger partial charge on any atom is -0.335 e. The summed E-state index contributed by atoms with van der Waals surface area (Å²) in [7, 11) is 0. The van der Waals surface area contributed by atoms with Crippen molar-refractivity contribution < 1.29 is 4.79 Å². The highest BCUT2D eigenvalue weighted by molar-refractivity contribution is 9.10. The van der Waals surface area contributed by atoms with Crippen molar-refractivity contribution in [1.82, 2.24) is 9.88 Å². The Morgan fingerprint density at radius 3 is 2.70 bits per heavy atom. The van der Waals surface area contributed by atoms with Crippen LogP contribution in [0.4, 0.5) is 0 Å². The van der Waals surface area contributed by atoms with Crippen LogP contribution in [0.3, 0.4) is 0 Å². The predicted octanol–water partition coefficient (Wildman–Crippen LogP) is 3.81. The lowest BCUT2D eigenvalue weighted by atomic mass is 10.1. The van der Waals surface area contributed by atoms with Gasteiger partial charge in [0.2, 0.25) is 0 Å². The third-order valence-electron chi connectivity index (χ3n) is 3.26. The molecule has 0 saturated heterocycles. The van der Waals surface area contributed by atoms with Crippen molar-refractivity contribution in [2.45, 2.75) is 20.4 Å². The lowest BCUT2D eigenvalue weighted by molar-refractivity contribution is 0.0752. The van der Waals surface area contributed by atoms with E-state index < -0.39 is 0 Å². The normalized spacial score (nSPS) is 10.3. The molecular formula is C16H17BrN2O. The average molecular weight is 333 g/mol. The topological polar surface area (TPSA) is 33.2 Å². The third-order valence-corrected chi connectivity index (χ3v) is 3.70. The minimum absolute atomic E-state index is 0.0267. The van der Waals surface area contributed by atoms with Gasteiger partial charge in [-0.2, -0.15) is 0 Å². The summed E-state index contributed by atoms with van der Waals surface area (Å²) >= 11 is 3.30. The molecule has 0 aliphatic heterocycles. The van der Waals surface area contributed by atoms with Gasteiger partial charge in [0.05, 0.1) is 0 Å². The van der Waals surface area contributed by atoms with Crippen LogP contribution in [0.15, 0.2) is 47.2 Å². The lowest BCUT2D eigenvalue weighted by Gasteiger charge is -2.22. The molecule has 1 heterocycles. The van der Waals surface area contributed by atoms with Crippen LogP contribution in [-0.2, 0) is 6.54 Å². The minimum atomic E-state index is 0.0267. The van der Waals surface area contributed by atoms with Crippen LogP contribution in [0, 0.1) is 6.92 Å². The van der Waals surface area contributed by atoms with Gasteiger partial charge in [0, 0.05) is 24.8 Å². The summed E-state index contributed by atoms with van der Waals surface area (Å²) in [6, 6.07) is 11.6. The SMILES string of the molecule is CCN(Cc1ccccc1C)C(=O)c1ccnc(Br)c1. The molecular weight excluding hydrogens is 316 g/mol. The number of carbonyl (C=O) groups excluding carboxylic acids is 1. The molecule has 1 aromatic carbocycles. The molecule has 1 aromatic heterocycles. The second kappa shape index (κ2) is 6.66. The number of halogens is 1. The van der Waals surface area contributed by atoms with Gasteiger partial charge in [0.15, 0.2) is 0 Å². The molecule has 20 heavy (non-hydrogen) atoms. The lowest BCUT2D eigenvalue weighted by Crippen LogP contribution is -2.30. The molecule has 0 unspecified atom stereocenters. The van der Waals surface area contributed by atoms with E-state index in [0.29, 0.717) is 23.3 Å². The average Bonchev–Trinajstić information content (AvgIpc) is 2.46. The number of pyridine rings is 1. The summed E-state index contributed by atoms with van der Waals surface area (Å²) in [5.74, 6) is 0.0267. The second-order valence-corrected chi connectivity index (χ2v) is 5.43. The van der Waals surface area contributed by atoms with Gasteiger partial charge in [0.1, 0.15) is 4.60 Å². The van der Waals surface area contributed by atoms with E-state index in [0.717, 1.165) is 0 Å². The standard InChI is InChI=1S/C16H17BrN2O/c1-3-19(11-14-7-5-4-6-12(14)2)16(20)13-8-9-18-15(17)10-13/h4-10H,3,11H2,1-2H3. The van der Waals surface area contributed by atoms with Crippen LogP contribution >= 0.6 is 15.9 Å². The fraction of sp³-hybridized carbons (Fsp3) is 0.250. The highest BCUT2D eigenvalue weighted by atomic mass is 79.9. The first-order valence-corrected chi connectivity index (χ1v) is 7.36. The smallest absolute Gasteiger partial charge is 0.254 e. The molecule has 2 rings (SSSR count). The van der Waals surface area contributed by atoms with E-state index in [1.54, 1.807) is 18.3 Å². The van der Waals surface area contributed by atoms with E-state index in [1.165, 1.54) is 11.1 Å². The molecule has 4 heteroatoms. The predicted molar refractivity (Wildman–Crippen MR) is 83.5 cm³/mol. The molecule has 0 radical (unpaired) electrons. The van der Waals surface area contributed by atoms with Crippen molar-refractivity contribution in [2.24, 2.45) is 0 Å². The number of benzene rings is 1. The van der Waals surface area contributed by atoms with Gasteiger partial charge in [-0.25, -0.2) is 4.98 Å². The zero-order chi connectivity index (χ0) is 14.5. The van der Waals surface area contributed by atoms with Crippen LogP contribution < -0.4 is 0 Å². The van der Waals surface area contributed by atoms with Gasteiger partial charge < -0.3 is 4.90 Å². The Kier molecular flexibility index (Phi) is 4.90. The van der Waals surface area contributed by atoms with Gasteiger partial charge in [0.25, 0.3) is 5.91 Å². The zero-order valence-corrected chi connectivity index (χ0v) is 13.2. The number of amides is 1. The number of hydrogen-bond acceptors (Lipinski definition) is 2. The van der Waals surface area contributed by atoms with Crippen molar-refractivity contribution in [3.63, 3.8) is 0 Å². The first kappa shape index (κ1) is 14.7. The summed E-state index contributed by atoms with van der Waals surface area (Å²) in [6.45, 7) is 5.36. The molecule has 0 aliphatic rings. The molecule has 0 bridgehead atoms. The van der Waals surface area contributed by atoms with Crippen molar-refractivity contribution in [3.05, 3.63) is 63.9 Å². The van der Waals surface area contributed by atoms with Crippen molar-refractivity contribution in [3.8, 4) is 0 Å². The Balaban J connectivity index is 2.20. The Labute approximate surface area is 127 Å². The first-order chi connectivity index (χ1) is 9.61. The highest BCUT2D eigenvalue weighted by Crippen LogP contribution is 2.15. The number of aromatic nitrogens is 1. The molecule has 0 atom stereocenters. The number of carbonyl (C=O) groups is 1. The van der Waals surface area contributed by atoms with Crippen LogP contribution in [0.1, 0.15) is 28.4 Å². The van der Waals surface area contributed by atoms with Crippen molar-refractivity contribution in [2.75, 3.05) is 6.54 Å². The number of rotatable bonds is 4. The Morgan fingerprint density at radius 2 is 2.05 bits per heavy atom. The Hall–Kier alpha value is -1.68. The summed E-state index contributed by atoms with van der Waals surface area (Å²) in [6.07, 6.45) is 1.64. The van der Waals surface area contributed by atoms with Gasteiger partial charge in [-0.15, -0.1) is 0 Å². The van der Waals surface area contributed by atoms with E-state index in [2.05, 4.69) is 40.0 Å². The third kappa shape index (κ3) is 3.45. The number of hydrogen-bond donors (Lipinski definition) is 0. The van der Waals surface area contributed by atoms with E-state index in [9.17, 15) is 4.79 Å². The first-order valence-electron chi connectivity index (χ1n) is 6.57. The van der Waals surface area contributed by atoms with Crippen LogP contribution in [0.5, 0.6) is 0 Å². The quantitative estimate of drug-likeness (QED) is 0.797. The number of aryl methyl sites for hydroxylation is 1. The number of nitrogens with zero attached hydrogens (tertiary/aromatic N) is 2. The van der Waals surface area contributed by atoms with E-state index in [1.807, 2.05) is 24.0 Å². The molecule has 0 saturated carbocycles. The zero-order valence-electron chi connectivity index (χ0n) is 11.6. The molecule has 0 aliphatic carbocycles. The molecule has 0 spiro atoms. The Morgan fingerprint density at radius 1 is 1.30 bits per heavy atom. The summed E-state index contributed by atoms with van der Waals surface area (Å²) < 4.78 is 0.676. The second-order valence-electron chi connectivity index (χ2n) is 4.61. The van der Waals surface area contributed by atoms with Crippen LogP contribution in [-0.4, -0.2) is 22.3 Å². The van der Waals surface area contributed by atoms with Crippen LogP contribution in [0.2, 0.25) is 0 Å². The summed E-state index contributed by atoms with van der Waals surface area (Å²) in [5, 5.41) is 0. The molecule has 0 N–H and O–H groups in total. The van der Waals surface area contributed by atoms with Gasteiger partial charge in [-0.3, -0.25) is 4.79 Å². The van der Waals surface area contributed by atoms with Gasteiger partial charge in [-0.05, 0) is 53.0 Å². The molecule has 0 fully saturated rings. The monoisotopic (exact) mass is 332 g/mol. The molecule has 3 nitrogen and oxygen atoms in total. The van der Waals surface area contributed by atoms with E-state index >= 15 is 0 Å². The maximum Gasteiger partial charge on any atom is 0.254 e. The Bertz CT molecular complexity index is 613. The fourth-order valence-electron chi connectivity index (χ4n) is 2.04. The molecule has 1 amide bonds. The molecule has 2 aromatic rings. The van der Waals surface area contributed by atoms with E-state index in [4.69, 9.17) is 0 Å². The van der Waals surface area contributed by atoms with Crippen molar-refractivity contribution >= 4 is 21.8 Å². The highest BCUT2D eigenvalue weighted by Gasteiger charge is 2.15. The van der Waals surface area contributed by atoms with Gasteiger partial charge in [-0.1, -0.05) is 24.3 Å². The largest absolute Gasteiger partial charge is 0.335 e. The van der Waals surface area contributed by atoms with E-state index in [-0.39, 0.29) is 5.91 Å². The maximum absolute atomic E-state index is 12.5. The van der Waals surface area contributed by atoms with Crippen molar-refractivity contribution in [1.29, 1.82) is 0 Å². The molecule has 104 valence electrons. The summed E-state index contributed by atoms with van der Waals surface area (Å²) in [5.41, 5.74) is 3.03. The van der Waals surface area contributed by atoms with Crippen LogP contribution in [0.25, 0.3) is 0 Å². The van der Waals surface area contributed by atoms with Gasteiger partial charge >= 0.3 is 0 Å². The fourth-order valence-corrected chi connectivity index (χ4v) is 2.40.